The summed E-state index contributed by atoms with van der Waals surface area (Å²) >= 11 is 0. The maximum atomic E-state index is 13.4. The number of unbranched alkanes of at least 4 members (excludes halogenated alkanes) is 19. The van der Waals surface area contributed by atoms with Gasteiger partial charge in [0.15, 0.2) is 0 Å². The fourth-order valence-corrected chi connectivity index (χ4v) is 8.82. The number of nitrogens with zero attached hydrogens (tertiary/aromatic N) is 2. The Morgan fingerprint density at radius 1 is 0.304 bits per heavy atom. The molecule has 0 bridgehead atoms. The van der Waals surface area contributed by atoms with Gasteiger partial charge in [0.25, 0.3) is 0 Å². The first-order valence-electron chi connectivity index (χ1n) is 25.9. The van der Waals surface area contributed by atoms with Crippen molar-refractivity contribution in [1.82, 2.24) is 9.80 Å². The number of carbonyl (C=O) groups excluding carboxylic acids is 2. The average molecular weight is 789 g/mol. The van der Waals surface area contributed by atoms with Gasteiger partial charge in [0.05, 0.1) is 0 Å². The minimum atomic E-state index is 0.431. The first kappa shape index (κ1) is 54.9. The van der Waals surface area contributed by atoms with Crippen LogP contribution in [0.4, 0.5) is 0 Å². The third-order valence-corrected chi connectivity index (χ3v) is 13.3. The molecule has 4 nitrogen and oxygen atoms in total. The van der Waals surface area contributed by atoms with E-state index in [1.54, 1.807) is 0 Å². The highest BCUT2D eigenvalue weighted by molar-refractivity contribution is 5.76. The second kappa shape index (κ2) is 40.7. The van der Waals surface area contributed by atoms with Crippen molar-refractivity contribution in [2.75, 3.05) is 26.2 Å². The van der Waals surface area contributed by atoms with E-state index in [1.165, 1.54) is 193 Å². The molecule has 4 heteroatoms. The molecule has 0 aliphatic heterocycles. The largest absolute Gasteiger partial charge is 0.342 e. The van der Waals surface area contributed by atoms with Crippen LogP contribution in [0.15, 0.2) is 0 Å². The van der Waals surface area contributed by atoms with E-state index in [4.69, 9.17) is 0 Å². The molecule has 56 heavy (non-hydrogen) atoms. The molecule has 0 aromatic rings. The Bertz CT molecular complexity index is 741. The van der Waals surface area contributed by atoms with Crippen molar-refractivity contribution in [3.63, 3.8) is 0 Å². The van der Waals surface area contributed by atoms with Crippen LogP contribution in [0.5, 0.6) is 0 Å². The molecule has 334 valence electrons. The van der Waals surface area contributed by atoms with Crippen LogP contribution in [-0.2, 0) is 9.59 Å². The summed E-state index contributed by atoms with van der Waals surface area (Å²) in [6.45, 7) is 22.3. The van der Waals surface area contributed by atoms with E-state index in [0.29, 0.717) is 35.5 Å². The van der Waals surface area contributed by atoms with Crippen molar-refractivity contribution in [2.24, 2.45) is 23.7 Å². The van der Waals surface area contributed by atoms with Gasteiger partial charge in [-0.1, -0.05) is 222 Å². The highest BCUT2D eigenvalue weighted by Gasteiger charge is 2.22. The molecule has 4 unspecified atom stereocenters. The van der Waals surface area contributed by atoms with Crippen LogP contribution in [0.3, 0.4) is 0 Å². The van der Waals surface area contributed by atoms with E-state index in [-0.39, 0.29) is 0 Å². The number of rotatable bonds is 43. The van der Waals surface area contributed by atoms with Gasteiger partial charge in [0.2, 0.25) is 11.8 Å². The van der Waals surface area contributed by atoms with Gasteiger partial charge in [-0.3, -0.25) is 9.59 Å². The summed E-state index contributed by atoms with van der Waals surface area (Å²) in [7, 11) is 0. The Kier molecular flexibility index (Phi) is 39.9. The minimum Gasteiger partial charge on any atom is -0.342 e. The summed E-state index contributed by atoms with van der Waals surface area (Å²) in [4.78, 5) is 31.4. The Morgan fingerprint density at radius 3 is 0.679 bits per heavy atom. The molecule has 2 amide bonds. The second-order valence-corrected chi connectivity index (χ2v) is 18.4. The second-order valence-electron chi connectivity index (χ2n) is 18.4. The van der Waals surface area contributed by atoms with Gasteiger partial charge in [0.1, 0.15) is 0 Å². The van der Waals surface area contributed by atoms with Gasteiger partial charge in [-0.2, -0.15) is 0 Å². The van der Waals surface area contributed by atoms with Gasteiger partial charge in [-0.25, -0.2) is 0 Å². The molecule has 0 rings (SSSR count). The summed E-state index contributed by atoms with van der Waals surface area (Å²) in [5, 5.41) is 0. The van der Waals surface area contributed by atoms with E-state index in [1.807, 2.05) is 0 Å². The first-order valence-corrected chi connectivity index (χ1v) is 25.9. The topological polar surface area (TPSA) is 40.6 Å². The predicted molar refractivity (Wildman–Crippen MR) is 249 cm³/mol. The van der Waals surface area contributed by atoms with Crippen LogP contribution in [0.25, 0.3) is 0 Å². The Morgan fingerprint density at radius 2 is 0.500 bits per heavy atom. The monoisotopic (exact) mass is 789 g/mol. The number of hydrogen-bond acceptors (Lipinski definition) is 2. The van der Waals surface area contributed by atoms with Crippen molar-refractivity contribution in [2.45, 2.75) is 274 Å². The number of amides is 2. The maximum absolute atomic E-state index is 13.4. The predicted octanol–water partition coefficient (Wildman–Crippen LogP) is 16.5. The highest BCUT2D eigenvalue weighted by atomic mass is 16.2. The molecule has 0 aromatic carbocycles. The normalized spacial score (nSPS) is 13.8. The van der Waals surface area contributed by atoms with Crippen LogP contribution in [0.1, 0.15) is 274 Å². The van der Waals surface area contributed by atoms with Crippen LogP contribution >= 0.6 is 0 Å². The lowest BCUT2D eigenvalue weighted by Gasteiger charge is -2.31. The molecule has 0 heterocycles. The third-order valence-electron chi connectivity index (χ3n) is 13.3. The number of carbonyl (C=O) groups is 2. The summed E-state index contributed by atoms with van der Waals surface area (Å²) in [5.41, 5.74) is 0. The van der Waals surface area contributed by atoms with Crippen molar-refractivity contribution in [3.05, 3.63) is 0 Å². The van der Waals surface area contributed by atoms with Crippen molar-refractivity contribution in [1.29, 1.82) is 0 Å². The molecule has 0 fully saturated rings. The van der Waals surface area contributed by atoms with Crippen LogP contribution in [-0.4, -0.2) is 47.8 Å². The van der Waals surface area contributed by atoms with Crippen molar-refractivity contribution < 1.29 is 9.59 Å². The maximum Gasteiger partial charge on any atom is 0.222 e. The molecule has 0 aromatic heterocycles. The Balaban J connectivity index is 4.13. The molecular weight excluding hydrogens is 685 g/mol. The fraction of sp³-hybridized carbons (Fsp3) is 0.962. The van der Waals surface area contributed by atoms with E-state index in [0.717, 1.165) is 51.9 Å². The molecular formula is C52H104N2O2. The lowest BCUT2D eigenvalue weighted by molar-refractivity contribution is -0.133. The SMILES string of the molecule is CCCCC(CC)CN(CC(CC)CCCC)C(=O)CCCCCCCCCCCCCCCCCCC(=O)N(CC(CC)CCCC)CC(CC)CCCC. The summed E-state index contributed by atoms with van der Waals surface area (Å²) in [6, 6.07) is 0. The molecule has 0 N–H and O–H groups in total. The summed E-state index contributed by atoms with van der Waals surface area (Å²) in [6.07, 6.45) is 42.4. The molecule has 0 aliphatic carbocycles. The summed E-state index contributed by atoms with van der Waals surface area (Å²) < 4.78 is 0. The smallest absolute Gasteiger partial charge is 0.222 e. The molecule has 0 aliphatic rings. The quantitative estimate of drug-likeness (QED) is 0.0578. The fourth-order valence-electron chi connectivity index (χ4n) is 8.82. The van der Waals surface area contributed by atoms with Crippen LogP contribution < -0.4 is 0 Å². The van der Waals surface area contributed by atoms with Gasteiger partial charge in [-0.05, 0) is 62.2 Å². The number of hydrogen-bond donors (Lipinski definition) is 0. The zero-order valence-electron chi connectivity index (χ0n) is 39.9. The van der Waals surface area contributed by atoms with Gasteiger partial charge in [-0.15, -0.1) is 0 Å². The lowest BCUT2D eigenvalue weighted by atomic mass is 9.95. The van der Waals surface area contributed by atoms with Gasteiger partial charge in [0, 0.05) is 39.0 Å². The van der Waals surface area contributed by atoms with E-state index < -0.39 is 0 Å². The molecule has 0 saturated heterocycles. The van der Waals surface area contributed by atoms with E-state index in [2.05, 4.69) is 65.2 Å². The Hall–Kier alpha value is -1.06. The average Bonchev–Trinajstić information content (AvgIpc) is 3.21. The van der Waals surface area contributed by atoms with Crippen LogP contribution in [0, 0.1) is 23.7 Å². The standard InChI is InChI=1S/C52H104N2O2/c1-9-17-37-47(13-5)43-53(44-48(14-6)38-18-10-2)51(55)41-35-33-31-29-27-25-23-21-22-24-26-28-30-32-34-36-42-52(56)54(45-49(15-7)39-19-11-3)46-50(16-8)40-20-12-4/h47-50H,9-46H2,1-8H3. The van der Waals surface area contributed by atoms with Gasteiger partial charge >= 0.3 is 0 Å². The minimum absolute atomic E-state index is 0.431. The van der Waals surface area contributed by atoms with Crippen LogP contribution in [0.2, 0.25) is 0 Å². The molecule has 0 saturated carbocycles. The van der Waals surface area contributed by atoms with E-state index in [9.17, 15) is 9.59 Å². The third kappa shape index (κ3) is 30.9. The highest BCUT2D eigenvalue weighted by Crippen LogP contribution is 2.23. The molecule has 0 radical (unpaired) electrons. The molecule has 0 spiro atoms. The zero-order chi connectivity index (χ0) is 41.5. The first-order chi connectivity index (χ1) is 27.3. The van der Waals surface area contributed by atoms with Crippen molar-refractivity contribution in [3.8, 4) is 0 Å². The summed E-state index contributed by atoms with van der Waals surface area (Å²) in [5.74, 6) is 3.51. The zero-order valence-corrected chi connectivity index (χ0v) is 39.9. The van der Waals surface area contributed by atoms with E-state index >= 15 is 0 Å². The molecule has 4 atom stereocenters. The lowest BCUT2D eigenvalue weighted by Crippen LogP contribution is -2.38. The van der Waals surface area contributed by atoms with Gasteiger partial charge < -0.3 is 9.80 Å². The Labute approximate surface area is 353 Å². The van der Waals surface area contributed by atoms with Crippen molar-refractivity contribution >= 4 is 11.8 Å².